The summed E-state index contributed by atoms with van der Waals surface area (Å²) < 4.78 is 5.34. The highest BCUT2D eigenvalue weighted by Gasteiger charge is 2.25. The average Bonchev–Trinajstić information content (AvgIpc) is 2.39. The van der Waals surface area contributed by atoms with E-state index < -0.39 is 5.97 Å². The molecule has 2 rings (SSSR count). The SMILES string of the molecule is CC(=O)c1cccc(N2CCOCC2CC(=O)O)c1. The number of rotatable bonds is 4. The zero-order valence-corrected chi connectivity index (χ0v) is 10.8. The Kier molecular flexibility index (Phi) is 4.16. The van der Waals surface area contributed by atoms with E-state index in [-0.39, 0.29) is 18.2 Å². The average molecular weight is 263 g/mol. The standard InChI is InChI=1S/C14H17NO4/c1-10(16)11-3-2-4-12(7-11)15-5-6-19-9-13(15)8-14(17)18/h2-4,7,13H,5-6,8-9H2,1H3,(H,17,18). The van der Waals surface area contributed by atoms with Crippen molar-refractivity contribution in [2.45, 2.75) is 19.4 Å². The number of carboxylic acids is 1. The van der Waals surface area contributed by atoms with Crippen LogP contribution in [0, 0.1) is 0 Å². The fraction of sp³-hybridized carbons (Fsp3) is 0.429. The Morgan fingerprint density at radius 1 is 1.47 bits per heavy atom. The fourth-order valence-electron chi connectivity index (χ4n) is 2.27. The first-order chi connectivity index (χ1) is 9.08. The predicted octanol–water partition coefficient (Wildman–Crippen LogP) is 1.57. The van der Waals surface area contributed by atoms with E-state index >= 15 is 0 Å². The van der Waals surface area contributed by atoms with Gasteiger partial charge in [-0.15, -0.1) is 0 Å². The lowest BCUT2D eigenvalue weighted by Crippen LogP contribution is -2.46. The predicted molar refractivity (Wildman–Crippen MR) is 70.7 cm³/mol. The van der Waals surface area contributed by atoms with Crippen molar-refractivity contribution in [1.82, 2.24) is 0 Å². The topological polar surface area (TPSA) is 66.8 Å². The van der Waals surface area contributed by atoms with Crippen molar-refractivity contribution in [3.05, 3.63) is 29.8 Å². The molecule has 5 heteroatoms. The molecule has 19 heavy (non-hydrogen) atoms. The monoisotopic (exact) mass is 263 g/mol. The number of carbonyl (C=O) groups excluding carboxylic acids is 1. The van der Waals surface area contributed by atoms with Crippen molar-refractivity contribution in [2.24, 2.45) is 0 Å². The lowest BCUT2D eigenvalue weighted by molar-refractivity contribution is -0.138. The summed E-state index contributed by atoms with van der Waals surface area (Å²) in [5, 5.41) is 8.94. The molecule has 0 spiro atoms. The highest BCUT2D eigenvalue weighted by atomic mass is 16.5. The van der Waals surface area contributed by atoms with Crippen LogP contribution in [0.1, 0.15) is 23.7 Å². The van der Waals surface area contributed by atoms with Gasteiger partial charge in [-0.25, -0.2) is 0 Å². The van der Waals surface area contributed by atoms with Gasteiger partial charge in [-0.3, -0.25) is 9.59 Å². The van der Waals surface area contributed by atoms with Crippen molar-refractivity contribution < 1.29 is 19.4 Å². The largest absolute Gasteiger partial charge is 0.481 e. The van der Waals surface area contributed by atoms with Gasteiger partial charge in [0.25, 0.3) is 0 Å². The summed E-state index contributed by atoms with van der Waals surface area (Å²) in [6.45, 7) is 3.13. The number of nitrogens with zero attached hydrogens (tertiary/aromatic N) is 1. The van der Waals surface area contributed by atoms with E-state index in [1.54, 1.807) is 6.07 Å². The number of morpholine rings is 1. The minimum absolute atomic E-state index is 0.00453. The fourth-order valence-corrected chi connectivity index (χ4v) is 2.27. The molecule has 1 aliphatic heterocycles. The second-order valence-corrected chi connectivity index (χ2v) is 4.63. The van der Waals surface area contributed by atoms with Crippen LogP contribution in [0.5, 0.6) is 0 Å². The van der Waals surface area contributed by atoms with E-state index in [2.05, 4.69) is 0 Å². The van der Waals surface area contributed by atoms with Crippen LogP contribution < -0.4 is 4.90 Å². The second-order valence-electron chi connectivity index (χ2n) is 4.63. The molecule has 0 aromatic heterocycles. The van der Waals surface area contributed by atoms with Crippen molar-refractivity contribution in [3.63, 3.8) is 0 Å². The van der Waals surface area contributed by atoms with Crippen LogP contribution >= 0.6 is 0 Å². The number of carboxylic acid groups (broad SMARTS) is 1. The number of hydrogen-bond acceptors (Lipinski definition) is 4. The number of benzene rings is 1. The highest BCUT2D eigenvalue weighted by Crippen LogP contribution is 2.22. The Labute approximate surface area is 111 Å². The molecule has 1 saturated heterocycles. The molecule has 1 aromatic rings. The minimum Gasteiger partial charge on any atom is -0.481 e. The number of anilines is 1. The Balaban J connectivity index is 2.24. The smallest absolute Gasteiger partial charge is 0.305 e. The maximum absolute atomic E-state index is 11.4. The summed E-state index contributed by atoms with van der Waals surface area (Å²) in [4.78, 5) is 24.3. The maximum atomic E-state index is 11.4. The van der Waals surface area contributed by atoms with E-state index in [9.17, 15) is 9.59 Å². The van der Waals surface area contributed by atoms with Gasteiger partial charge in [0.1, 0.15) is 0 Å². The number of carbonyl (C=O) groups is 2. The minimum atomic E-state index is -0.844. The van der Waals surface area contributed by atoms with Crippen LogP contribution in [0.2, 0.25) is 0 Å². The highest BCUT2D eigenvalue weighted by molar-refractivity contribution is 5.95. The van der Waals surface area contributed by atoms with Crippen molar-refractivity contribution in [3.8, 4) is 0 Å². The van der Waals surface area contributed by atoms with E-state index in [4.69, 9.17) is 9.84 Å². The lowest BCUT2D eigenvalue weighted by Gasteiger charge is -2.36. The van der Waals surface area contributed by atoms with Crippen LogP contribution in [0.25, 0.3) is 0 Å². The van der Waals surface area contributed by atoms with Crippen LogP contribution in [0.4, 0.5) is 5.69 Å². The van der Waals surface area contributed by atoms with Gasteiger partial charge in [-0.1, -0.05) is 12.1 Å². The first-order valence-electron chi connectivity index (χ1n) is 6.25. The molecule has 0 amide bonds. The van der Waals surface area contributed by atoms with Crippen LogP contribution in [0.15, 0.2) is 24.3 Å². The van der Waals surface area contributed by atoms with Gasteiger partial charge in [0.05, 0.1) is 25.7 Å². The molecule has 1 unspecified atom stereocenters. The molecule has 0 bridgehead atoms. The van der Waals surface area contributed by atoms with Crippen LogP contribution in [-0.2, 0) is 9.53 Å². The molecule has 1 heterocycles. The molecule has 102 valence electrons. The molecule has 0 aliphatic carbocycles. The first kappa shape index (κ1) is 13.5. The molecule has 5 nitrogen and oxygen atoms in total. The van der Waals surface area contributed by atoms with Gasteiger partial charge < -0.3 is 14.7 Å². The Hall–Kier alpha value is -1.88. The zero-order valence-electron chi connectivity index (χ0n) is 10.8. The van der Waals surface area contributed by atoms with Gasteiger partial charge in [-0.05, 0) is 19.1 Å². The van der Waals surface area contributed by atoms with Crippen molar-refractivity contribution in [1.29, 1.82) is 0 Å². The molecular formula is C14H17NO4. The molecule has 1 fully saturated rings. The normalized spacial score (nSPS) is 19.2. The number of hydrogen-bond donors (Lipinski definition) is 1. The van der Waals surface area contributed by atoms with Gasteiger partial charge in [0, 0.05) is 17.8 Å². The summed E-state index contributed by atoms with van der Waals surface area (Å²) in [5.74, 6) is -0.840. The Morgan fingerprint density at radius 2 is 2.26 bits per heavy atom. The molecular weight excluding hydrogens is 246 g/mol. The summed E-state index contributed by atoms with van der Waals surface area (Å²) in [7, 11) is 0. The third-order valence-corrected chi connectivity index (χ3v) is 3.22. The number of aliphatic carboxylic acids is 1. The van der Waals surface area contributed by atoms with Gasteiger partial charge in [0.2, 0.25) is 0 Å². The molecule has 1 atom stereocenters. The van der Waals surface area contributed by atoms with Gasteiger partial charge in [0.15, 0.2) is 5.78 Å². The van der Waals surface area contributed by atoms with E-state index in [0.717, 1.165) is 5.69 Å². The lowest BCUT2D eigenvalue weighted by atomic mass is 10.1. The third kappa shape index (κ3) is 3.32. The van der Waals surface area contributed by atoms with Gasteiger partial charge in [-0.2, -0.15) is 0 Å². The number of ether oxygens (including phenoxy) is 1. The van der Waals surface area contributed by atoms with E-state index in [1.807, 2.05) is 23.1 Å². The van der Waals surface area contributed by atoms with Gasteiger partial charge >= 0.3 is 5.97 Å². The quantitative estimate of drug-likeness (QED) is 0.835. The summed E-state index contributed by atoms with van der Waals surface area (Å²) in [6.07, 6.45) is 0.0320. The Bertz CT molecular complexity index is 486. The molecule has 1 aromatic carbocycles. The van der Waals surface area contributed by atoms with Crippen molar-refractivity contribution >= 4 is 17.4 Å². The molecule has 0 radical (unpaired) electrons. The first-order valence-corrected chi connectivity index (χ1v) is 6.25. The third-order valence-electron chi connectivity index (χ3n) is 3.22. The molecule has 1 aliphatic rings. The summed E-state index contributed by atoms with van der Waals surface area (Å²) in [6, 6.07) is 7.10. The molecule has 0 saturated carbocycles. The summed E-state index contributed by atoms with van der Waals surface area (Å²) in [5.41, 5.74) is 1.51. The Morgan fingerprint density at radius 3 is 2.95 bits per heavy atom. The molecule has 1 N–H and O–H groups in total. The van der Waals surface area contributed by atoms with E-state index in [0.29, 0.717) is 25.3 Å². The van der Waals surface area contributed by atoms with Crippen molar-refractivity contribution in [2.75, 3.05) is 24.7 Å². The number of ketones is 1. The zero-order chi connectivity index (χ0) is 13.8. The second kappa shape index (κ2) is 5.84. The number of Topliss-reactive ketones (excluding diaryl/α,β-unsaturated/α-hetero) is 1. The van der Waals surface area contributed by atoms with Crippen LogP contribution in [0.3, 0.4) is 0 Å². The maximum Gasteiger partial charge on any atom is 0.305 e. The summed E-state index contributed by atoms with van der Waals surface area (Å²) >= 11 is 0. The van der Waals surface area contributed by atoms with E-state index in [1.165, 1.54) is 6.92 Å². The van der Waals surface area contributed by atoms with Crippen LogP contribution in [-0.4, -0.2) is 42.7 Å².